The van der Waals surface area contributed by atoms with E-state index in [1.807, 2.05) is 55.5 Å². The molecule has 0 radical (unpaired) electrons. The average Bonchev–Trinajstić information content (AvgIpc) is 3.03. The molecule has 4 heteroatoms. The van der Waals surface area contributed by atoms with Gasteiger partial charge in [-0.05, 0) is 18.4 Å². The monoisotopic (exact) mass is 336 g/mol. The Morgan fingerprint density at radius 2 is 1.71 bits per heavy atom. The van der Waals surface area contributed by atoms with Crippen LogP contribution in [0, 0.1) is 6.92 Å². The average molecular weight is 336 g/mol. The number of aromatic nitrogens is 1. The third kappa shape index (κ3) is 3.71. The highest BCUT2D eigenvalue weighted by molar-refractivity contribution is 7.14. The van der Waals surface area contributed by atoms with E-state index in [9.17, 15) is 4.79 Å². The van der Waals surface area contributed by atoms with E-state index in [1.165, 1.54) is 16.9 Å². The van der Waals surface area contributed by atoms with Crippen LogP contribution in [-0.2, 0) is 0 Å². The molecule has 0 spiro atoms. The maximum Gasteiger partial charge on any atom is 0.263 e. The van der Waals surface area contributed by atoms with Crippen LogP contribution in [0.3, 0.4) is 0 Å². The molecule has 0 saturated carbocycles. The van der Waals surface area contributed by atoms with Crippen LogP contribution in [0.2, 0.25) is 0 Å². The number of benzene rings is 2. The van der Waals surface area contributed by atoms with E-state index in [1.54, 1.807) is 0 Å². The molecule has 1 heterocycles. The molecule has 1 aromatic heterocycles. The van der Waals surface area contributed by atoms with Gasteiger partial charge in [0.2, 0.25) is 0 Å². The van der Waals surface area contributed by atoms with Crippen molar-refractivity contribution in [3.63, 3.8) is 0 Å². The van der Waals surface area contributed by atoms with Gasteiger partial charge in [0.15, 0.2) is 0 Å². The molecule has 0 aliphatic carbocycles. The number of nitrogens with one attached hydrogen (secondary N) is 1. The lowest BCUT2D eigenvalue weighted by Gasteiger charge is -2.13. The highest BCUT2D eigenvalue weighted by Gasteiger charge is 2.18. The SMILES string of the molecule is Cc1nc(-c2ccccc2)c(C(=O)NC[C@@H](C)c2ccccc2)s1. The van der Waals surface area contributed by atoms with Crippen LogP contribution in [0.15, 0.2) is 60.7 Å². The summed E-state index contributed by atoms with van der Waals surface area (Å²) in [5.74, 6) is 0.214. The third-order valence-corrected chi connectivity index (χ3v) is 4.89. The summed E-state index contributed by atoms with van der Waals surface area (Å²) in [6.07, 6.45) is 0. The van der Waals surface area contributed by atoms with E-state index in [2.05, 4.69) is 29.4 Å². The summed E-state index contributed by atoms with van der Waals surface area (Å²) in [6, 6.07) is 20.1. The number of hydrogen-bond acceptors (Lipinski definition) is 3. The summed E-state index contributed by atoms with van der Waals surface area (Å²) < 4.78 is 0. The maximum absolute atomic E-state index is 12.6. The minimum atomic E-state index is -0.0535. The van der Waals surface area contributed by atoms with Crippen molar-refractivity contribution >= 4 is 17.2 Å². The van der Waals surface area contributed by atoms with Crippen LogP contribution in [0.1, 0.15) is 33.1 Å². The molecule has 1 atom stereocenters. The van der Waals surface area contributed by atoms with Gasteiger partial charge in [0, 0.05) is 12.1 Å². The number of hydrogen-bond donors (Lipinski definition) is 1. The van der Waals surface area contributed by atoms with E-state index in [0.717, 1.165) is 16.3 Å². The highest BCUT2D eigenvalue weighted by Crippen LogP contribution is 2.28. The first-order valence-electron chi connectivity index (χ1n) is 8.01. The normalized spacial score (nSPS) is 11.9. The summed E-state index contributed by atoms with van der Waals surface area (Å²) >= 11 is 1.44. The van der Waals surface area contributed by atoms with Gasteiger partial charge in [0.05, 0.1) is 10.7 Å². The highest BCUT2D eigenvalue weighted by atomic mass is 32.1. The Hall–Kier alpha value is -2.46. The van der Waals surface area contributed by atoms with Crippen molar-refractivity contribution in [2.24, 2.45) is 0 Å². The van der Waals surface area contributed by atoms with Crippen LogP contribution in [0.5, 0.6) is 0 Å². The fourth-order valence-electron chi connectivity index (χ4n) is 2.60. The van der Waals surface area contributed by atoms with Gasteiger partial charge < -0.3 is 5.32 Å². The Labute approximate surface area is 146 Å². The quantitative estimate of drug-likeness (QED) is 0.737. The number of carbonyl (C=O) groups excluding carboxylic acids is 1. The molecular formula is C20H20N2OS. The molecule has 1 amide bonds. The fraction of sp³-hybridized carbons (Fsp3) is 0.200. The standard InChI is InChI=1S/C20H20N2OS/c1-14(16-9-5-3-6-10-16)13-21-20(23)19-18(22-15(2)24-19)17-11-7-4-8-12-17/h3-12,14H,13H2,1-2H3,(H,21,23)/t14-/m1/s1. The Morgan fingerprint density at radius 1 is 1.08 bits per heavy atom. The molecule has 122 valence electrons. The van der Waals surface area contributed by atoms with Gasteiger partial charge in [-0.3, -0.25) is 4.79 Å². The molecule has 24 heavy (non-hydrogen) atoms. The number of amides is 1. The summed E-state index contributed by atoms with van der Waals surface area (Å²) in [5, 5.41) is 3.95. The van der Waals surface area contributed by atoms with Crippen LogP contribution in [0.4, 0.5) is 0 Å². The largest absolute Gasteiger partial charge is 0.351 e. The lowest BCUT2D eigenvalue weighted by Crippen LogP contribution is -2.27. The van der Waals surface area contributed by atoms with Crippen LogP contribution < -0.4 is 5.32 Å². The first kappa shape index (κ1) is 16.4. The molecule has 0 unspecified atom stereocenters. The van der Waals surface area contributed by atoms with Gasteiger partial charge in [-0.25, -0.2) is 4.98 Å². The van der Waals surface area contributed by atoms with Crippen LogP contribution in [0.25, 0.3) is 11.3 Å². The molecule has 0 aliphatic rings. The minimum absolute atomic E-state index is 0.0535. The zero-order valence-corrected chi connectivity index (χ0v) is 14.6. The molecule has 1 N–H and O–H groups in total. The number of aryl methyl sites for hydroxylation is 1. The summed E-state index contributed by atoms with van der Waals surface area (Å²) in [6.45, 7) is 4.65. The smallest absolute Gasteiger partial charge is 0.263 e. The minimum Gasteiger partial charge on any atom is -0.351 e. The molecule has 0 aliphatic heterocycles. The van der Waals surface area contributed by atoms with Crippen LogP contribution >= 0.6 is 11.3 Å². The van der Waals surface area contributed by atoms with Crippen molar-refractivity contribution < 1.29 is 4.79 Å². The zero-order valence-electron chi connectivity index (χ0n) is 13.8. The zero-order chi connectivity index (χ0) is 16.9. The van der Waals surface area contributed by atoms with Gasteiger partial charge in [-0.15, -0.1) is 11.3 Å². The van der Waals surface area contributed by atoms with Gasteiger partial charge in [0.25, 0.3) is 5.91 Å². The predicted molar refractivity (Wildman–Crippen MR) is 99.5 cm³/mol. The van der Waals surface area contributed by atoms with Crippen molar-refractivity contribution in [1.82, 2.24) is 10.3 Å². The maximum atomic E-state index is 12.6. The topological polar surface area (TPSA) is 42.0 Å². The Balaban J connectivity index is 1.74. The first-order chi connectivity index (χ1) is 11.6. The van der Waals surface area contributed by atoms with Crippen molar-refractivity contribution in [2.75, 3.05) is 6.54 Å². The Morgan fingerprint density at radius 3 is 2.38 bits per heavy atom. The molecule has 3 nitrogen and oxygen atoms in total. The van der Waals surface area contributed by atoms with Gasteiger partial charge in [-0.2, -0.15) is 0 Å². The molecule has 3 rings (SSSR count). The summed E-state index contributed by atoms with van der Waals surface area (Å²) in [5.41, 5.74) is 2.97. The lowest BCUT2D eigenvalue weighted by atomic mass is 10.0. The number of rotatable bonds is 5. The lowest BCUT2D eigenvalue weighted by molar-refractivity contribution is 0.0956. The second kappa shape index (κ2) is 7.41. The molecule has 0 fully saturated rings. The van der Waals surface area contributed by atoms with Crippen LogP contribution in [-0.4, -0.2) is 17.4 Å². The van der Waals surface area contributed by atoms with Crippen molar-refractivity contribution in [3.8, 4) is 11.3 Å². The van der Waals surface area contributed by atoms with Crippen molar-refractivity contribution in [2.45, 2.75) is 19.8 Å². The van der Waals surface area contributed by atoms with E-state index in [-0.39, 0.29) is 11.8 Å². The number of nitrogens with zero attached hydrogens (tertiary/aromatic N) is 1. The van der Waals surface area contributed by atoms with Gasteiger partial charge in [0.1, 0.15) is 4.88 Å². The first-order valence-corrected chi connectivity index (χ1v) is 8.83. The summed E-state index contributed by atoms with van der Waals surface area (Å²) in [7, 11) is 0. The van der Waals surface area contributed by atoms with E-state index in [4.69, 9.17) is 0 Å². The number of carbonyl (C=O) groups is 1. The van der Waals surface area contributed by atoms with E-state index < -0.39 is 0 Å². The van der Waals surface area contributed by atoms with Crippen molar-refractivity contribution in [3.05, 3.63) is 76.1 Å². The van der Waals surface area contributed by atoms with Crippen molar-refractivity contribution in [1.29, 1.82) is 0 Å². The van der Waals surface area contributed by atoms with E-state index in [0.29, 0.717) is 11.4 Å². The molecule has 2 aromatic carbocycles. The molecule has 0 saturated heterocycles. The third-order valence-electron chi connectivity index (χ3n) is 3.92. The number of thiazole rings is 1. The Bertz CT molecular complexity index is 812. The predicted octanol–water partition coefficient (Wildman–Crippen LogP) is 4.65. The van der Waals surface area contributed by atoms with E-state index >= 15 is 0 Å². The summed E-state index contributed by atoms with van der Waals surface area (Å²) in [4.78, 5) is 17.9. The Kier molecular flexibility index (Phi) is 5.06. The molecule has 0 bridgehead atoms. The van der Waals surface area contributed by atoms with Gasteiger partial charge in [-0.1, -0.05) is 67.6 Å². The fourth-order valence-corrected chi connectivity index (χ4v) is 3.46. The molecule has 3 aromatic rings. The second-order valence-electron chi connectivity index (χ2n) is 5.80. The van der Waals surface area contributed by atoms with Gasteiger partial charge >= 0.3 is 0 Å². The second-order valence-corrected chi connectivity index (χ2v) is 7.00. The molecular weight excluding hydrogens is 316 g/mol.